The lowest BCUT2D eigenvalue weighted by molar-refractivity contribution is -0.127. The van der Waals surface area contributed by atoms with E-state index in [2.05, 4.69) is 41.7 Å². The van der Waals surface area contributed by atoms with E-state index in [1.165, 1.54) is 54.6 Å². The van der Waals surface area contributed by atoms with Gasteiger partial charge in [-0.05, 0) is 118 Å². The molecule has 0 fully saturated rings. The third kappa shape index (κ3) is 14.5. The minimum atomic E-state index is -1.63. The topological polar surface area (TPSA) is 218 Å². The maximum absolute atomic E-state index is 13.5. The van der Waals surface area contributed by atoms with Gasteiger partial charge in [-0.15, -0.1) is 34.8 Å². The summed E-state index contributed by atoms with van der Waals surface area (Å²) < 4.78 is 11.1. The largest absolute Gasteiger partial charge is 0.494 e. The Morgan fingerprint density at radius 3 is 1.42 bits per heavy atom. The molecule has 0 radical (unpaired) electrons. The highest BCUT2D eigenvalue weighted by atomic mass is 35.5. The van der Waals surface area contributed by atoms with Crippen molar-refractivity contribution in [1.29, 1.82) is 0 Å². The van der Waals surface area contributed by atoms with E-state index in [4.69, 9.17) is 67.5 Å². The van der Waals surface area contributed by atoms with Crippen LogP contribution in [0.4, 0.5) is 34.1 Å². The average Bonchev–Trinajstić information content (AvgIpc) is 3.30. The van der Waals surface area contributed by atoms with Crippen molar-refractivity contribution in [2.45, 2.75) is 63.8 Å². The minimum Gasteiger partial charge on any atom is -0.494 e. The number of benzene rings is 5. The van der Waals surface area contributed by atoms with Crippen molar-refractivity contribution in [2.75, 3.05) is 34.5 Å². The summed E-state index contributed by atoms with van der Waals surface area (Å²) >= 11 is 31.5. The molecular weight excluding hydrogens is 994 g/mol. The molecule has 0 spiro atoms. The molecule has 0 aromatic heterocycles. The van der Waals surface area contributed by atoms with Crippen LogP contribution in [0.1, 0.15) is 77.4 Å². The van der Waals surface area contributed by atoms with Crippen LogP contribution in [-0.4, -0.2) is 60.5 Å². The van der Waals surface area contributed by atoms with Gasteiger partial charge in [0.2, 0.25) is 12.1 Å². The van der Waals surface area contributed by atoms with Crippen molar-refractivity contribution >= 4 is 127 Å². The molecule has 4 N–H and O–H groups in total. The highest BCUT2D eigenvalue weighted by Crippen LogP contribution is 2.33. The average molecular weight is 1040 g/mol. The Morgan fingerprint density at radius 1 is 0.565 bits per heavy atom. The standard InChI is InChI=1S/C48H45Cl5N8O8/c1-6-68-33-13-8-28(23-49)41(21-33)56-45(64)36-19-31(10-15-38(36)52)58-60-43(26(4)62)47(66)54-30-12-17-40(35(18-30)25(3)51)55-48(67)44(27(5)63)61-59-32-11-16-39(53)37(20-32)46(65)57-42-22-34(69-7-2)14-9-29(42)24-50/h8-22,25,43-44H,6-7,23-24H2,1-5H3,(H,54,66)(H,55,67)(H,56,64)(H,57,65). The van der Waals surface area contributed by atoms with Crippen LogP contribution in [0.5, 0.6) is 11.5 Å². The number of nitrogens with one attached hydrogen (secondary N) is 4. The number of carbonyl (C=O) groups is 6. The maximum Gasteiger partial charge on any atom is 0.258 e. The summed E-state index contributed by atoms with van der Waals surface area (Å²) in [5.74, 6) is -2.88. The molecule has 21 heteroatoms. The highest BCUT2D eigenvalue weighted by molar-refractivity contribution is 6.35. The van der Waals surface area contributed by atoms with Gasteiger partial charge in [0.05, 0.1) is 51.1 Å². The molecule has 5 aromatic carbocycles. The number of amides is 4. The Hall–Kier alpha value is -6.43. The smallest absolute Gasteiger partial charge is 0.258 e. The monoisotopic (exact) mass is 1040 g/mol. The van der Waals surface area contributed by atoms with Crippen molar-refractivity contribution in [2.24, 2.45) is 20.5 Å². The maximum atomic E-state index is 13.5. The number of hydrogen-bond acceptors (Lipinski definition) is 12. The number of azo groups is 2. The molecule has 0 aliphatic rings. The second-order valence-corrected chi connectivity index (χ2v) is 16.9. The predicted molar refractivity (Wildman–Crippen MR) is 269 cm³/mol. The zero-order valence-electron chi connectivity index (χ0n) is 37.7. The van der Waals surface area contributed by atoms with E-state index in [1.54, 1.807) is 43.3 Å². The van der Waals surface area contributed by atoms with E-state index in [-0.39, 0.29) is 55.7 Å². The second-order valence-electron chi connectivity index (χ2n) is 14.9. The first-order valence-electron chi connectivity index (χ1n) is 21.0. The van der Waals surface area contributed by atoms with Crippen LogP contribution >= 0.6 is 58.0 Å². The fourth-order valence-corrected chi connectivity index (χ4v) is 7.40. The van der Waals surface area contributed by atoms with Crippen molar-refractivity contribution in [3.05, 3.63) is 129 Å². The first-order chi connectivity index (χ1) is 33.0. The van der Waals surface area contributed by atoms with Gasteiger partial charge >= 0.3 is 0 Å². The highest BCUT2D eigenvalue weighted by Gasteiger charge is 2.27. The van der Waals surface area contributed by atoms with E-state index >= 15 is 0 Å². The lowest BCUT2D eigenvalue weighted by atomic mass is 10.1. The lowest BCUT2D eigenvalue weighted by Gasteiger charge is -2.17. The summed E-state index contributed by atoms with van der Waals surface area (Å²) in [5.41, 5.74) is 3.11. The fourth-order valence-electron chi connectivity index (χ4n) is 6.35. The summed E-state index contributed by atoms with van der Waals surface area (Å²) in [6.45, 7) is 8.41. The lowest BCUT2D eigenvalue weighted by Crippen LogP contribution is -2.32. The van der Waals surface area contributed by atoms with Crippen LogP contribution in [0.2, 0.25) is 10.0 Å². The number of hydrogen-bond donors (Lipinski definition) is 4. The van der Waals surface area contributed by atoms with E-state index in [1.807, 2.05) is 13.8 Å². The molecule has 0 aliphatic carbocycles. The quantitative estimate of drug-likeness (QED) is 0.0314. The predicted octanol–water partition coefficient (Wildman–Crippen LogP) is 12.4. The van der Waals surface area contributed by atoms with Gasteiger partial charge in [-0.2, -0.15) is 20.5 Å². The number of rotatable bonds is 21. The van der Waals surface area contributed by atoms with Crippen LogP contribution in [-0.2, 0) is 30.9 Å². The molecule has 360 valence electrons. The van der Waals surface area contributed by atoms with Crippen LogP contribution in [0.3, 0.4) is 0 Å². The molecule has 3 unspecified atom stereocenters. The van der Waals surface area contributed by atoms with Gasteiger partial charge in [0.1, 0.15) is 11.5 Å². The third-order valence-electron chi connectivity index (χ3n) is 9.81. The molecule has 5 rings (SSSR count). The second kappa shape index (κ2) is 25.3. The number of halogens is 5. The zero-order valence-corrected chi connectivity index (χ0v) is 41.4. The van der Waals surface area contributed by atoms with E-state index in [9.17, 15) is 28.8 Å². The van der Waals surface area contributed by atoms with Gasteiger partial charge in [-0.1, -0.05) is 35.3 Å². The fraction of sp³-hybridized carbons (Fsp3) is 0.250. The third-order valence-corrected chi connectivity index (χ3v) is 11.3. The molecule has 16 nitrogen and oxygen atoms in total. The Kier molecular flexibility index (Phi) is 19.6. The molecular formula is C48H45Cl5N8O8. The Labute approximate surface area is 422 Å². The summed E-state index contributed by atoms with van der Waals surface area (Å²) in [6, 6.07) is 19.7. The van der Waals surface area contributed by atoms with Gasteiger partial charge in [0, 0.05) is 46.6 Å². The van der Waals surface area contributed by atoms with Gasteiger partial charge in [-0.25, -0.2) is 0 Å². The first kappa shape index (κ1) is 53.5. The van der Waals surface area contributed by atoms with Gasteiger partial charge in [0.25, 0.3) is 23.6 Å². The van der Waals surface area contributed by atoms with Crippen LogP contribution in [0, 0.1) is 0 Å². The number of carbonyl (C=O) groups excluding carboxylic acids is 6. The van der Waals surface area contributed by atoms with Crippen molar-refractivity contribution in [1.82, 2.24) is 0 Å². The molecule has 0 saturated heterocycles. The van der Waals surface area contributed by atoms with Crippen LogP contribution in [0.15, 0.2) is 111 Å². The number of ether oxygens (including phenoxy) is 2. The van der Waals surface area contributed by atoms with Crippen LogP contribution < -0.4 is 30.7 Å². The Balaban J connectivity index is 1.28. The molecule has 0 aliphatic heterocycles. The van der Waals surface area contributed by atoms with Gasteiger partial charge in [-0.3, -0.25) is 28.8 Å². The first-order valence-corrected chi connectivity index (χ1v) is 23.3. The summed E-state index contributed by atoms with van der Waals surface area (Å²) in [4.78, 5) is 79.2. The number of ketones is 2. The van der Waals surface area contributed by atoms with Gasteiger partial charge < -0.3 is 30.7 Å². The summed E-state index contributed by atoms with van der Waals surface area (Å²) in [6.07, 6.45) is 0. The molecule has 0 bridgehead atoms. The van der Waals surface area contributed by atoms with E-state index in [0.717, 1.165) is 13.8 Å². The van der Waals surface area contributed by atoms with Gasteiger partial charge in [0.15, 0.2) is 11.6 Å². The normalized spacial score (nSPS) is 12.5. The molecule has 4 amide bonds. The molecule has 3 atom stereocenters. The van der Waals surface area contributed by atoms with Crippen molar-refractivity contribution in [3.8, 4) is 11.5 Å². The number of anilines is 4. The molecule has 0 heterocycles. The SMILES string of the molecule is CCOc1ccc(CCl)c(NC(=O)c2cc(N=NC(C(C)=O)C(=O)Nc3ccc(NC(=O)C(N=Nc4ccc(Cl)c(C(=O)Nc5cc(OCC)ccc5CCl)c4)C(C)=O)c(C(C)Cl)c3)ccc2Cl)c1. The molecule has 5 aromatic rings. The van der Waals surface area contributed by atoms with Crippen molar-refractivity contribution in [3.63, 3.8) is 0 Å². The zero-order chi connectivity index (χ0) is 50.4. The summed E-state index contributed by atoms with van der Waals surface area (Å²) in [5, 5.41) is 26.4. The summed E-state index contributed by atoms with van der Waals surface area (Å²) in [7, 11) is 0. The number of nitrogens with zero attached hydrogens (tertiary/aromatic N) is 4. The Bertz CT molecular complexity index is 2820. The molecule has 69 heavy (non-hydrogen) atoms. The van der Waals surface area contributed by atoms with Crippen LogP contribution in [0.25, 0.3) is 0 Å². The van der Waals surface area contributed by atoms with E-state index < -0.39 is 52.7 Å². The minimum absolute atomic E-state index is 0.0325. The number of alkyl halides is 3. The Morgan fingerprint density at radius 2 is 1.01 bits per heavy atom. The van der Waals surface area contributed by atoms with Crippen molar-refractivity contribution < 1.29 is 38.2 Å². The number of Topliss-reactive ketones (excluding diaryl/α,β-unsaturated/α-hetero) is 2. The molecule has 0 saturated carbocycles. The van der Waals surface area contributed by atoms with E-state index in [0.29, 0.717) is 52.8 Å².